The van der Waals surface area contributed by atoms with E-state index in [2.05, 4.69) is 10.6 Å². The lowest BCUT2D eigenvalue weighted by atomic mass is 9.96. The van der Waals surface area contributed by atoms with Gasteiger partial charge in [-0.1, -0.05) is 25.3 Å². The predicted octanol–water partition coefficient (Wildman–Crippen LogP) is 2.02. The van der Waals surface area contributed by atoms with Gasteiger partial charge in [0.2, 0.25) is 0 Å². The van der Waals surface area contributed by atoms with Crippen molar-refractivity contribution in [3.05, 3.63) is 23.8 Å². The summed E-state index contributed by atoms with van der Waals surface area (Å²) < 4.78 is 15.2. The average molecular weight is 364 g/mol. The van der Waals surface area contributed by atoms with E-state index in [1.165, 1.54) is 20.6 Å². The third-order valence-corrected chi connectivity index (χ3v) is 4.16. The molecule has 8 nitrogen and oxygen atoms in total. The van der Waals surface area contributed by atoms with Crippen molar-refractivity contribution >= 4 is 17.9 Å². The van der Waals surface area contributed by atoms with Crippen molar-refractivity contribution in [2.45, 2.75) is 38.1 Å². The molecule has 142 valence electrons. The van der Waals surface area contributed by atoms with Gasteiger partial charge in [0.1, 0.15) is 17.1 Å². The zero-order chi connectivity index (χ0) is 18.9. The number of amides is 3. The second-order valence-corrected chi connectivity index (χ2v) is 5.97. The first-order valence-corrected chi connectivity index (χ1v) is 8.53. The Hall–Kier alpha value is -2.77. The Labute approximate surface area is 152 Å². The van der Waals surface area contributed by atoms with Crippen molar-refractivity contribution < 1.29 is 28.6 Å². The summed E-state index contributed by atoms with van der Waals surface area (Å²) >= 11 is 0. The van der Waals surface area contributed by atoms with Crippen LogP contribution < -0.4 is 20.1 Å². The van der Waals surface area contributed by atoms with Crippen LogP contribution in [0.2, 0.25) is 0 Å². The van der Waals surface area contributed by atoms with Crippen LogP contribution in [0.1, 0.15) is 42.5 Å². The molecule has 0 atom stereocenters. The largest absolute Gasteiger partial charge is 0.496 e. The summed E-state index contributed by atoms with van der Waals surface area (Å²) in [6.45, 7) is -0.585. The van der Waals surface area contributed by atoms with Crippen molar-refractivity contribution in [3.8, 4) is 11.5 Å². The highest BCUT2D eigenvalue weighted by atomic mass is 16.5. The van der Waals surface area contributed by atoms with E-state index >= 15 is 0 Å². The molecule has 1 aliphatic carbocycles. The van der Waals surface area contributed by atoms with Crippen LogP contribution in [-0.4, -0.2) is 44.8 Å². The van der Waals surface area contributed by atoms with Gasteiger partial charge in [-0.3, -0.25) is 10.1 Å². The van der Waals surface area contributed by atoms with Gasteiger partial charge in [-0.2, -0.15) is 0 Å². The lowest BCUT2D eigenvalue weighted by molar-refractivity contribution is -0.123. The molecule has 0 aliphatic heterocycles. The van der Waals surface area contributed by atoms with Crippen molar-refractivity contribution in [2.24, 2.45) is 0 Å². The molecule has 0 bridgehead atoms. The predicted molar refractivity (Wildman–Crippen MR) is 93.4 cm³/mol. The summed E-state index contributed by atoms with van der Waals surface area (Å²) in [6.07, 6.45) is 5.12. The Morgan fingerprint density at radius 3 is 2.23 bits per heavy atom. The molecule has 2 N–H and O–H groups in total. The van der Waals surface area contributed by atoms with Gasteiger partial charge in [-0.05, 0) is 25.0 Å². The third-order valence-electron chi connectivity index (χ3n) is 4.16. The van der Waals surface area contributed by atoms with Gasteiger partial charge in [0.25, 0.3) is 5.91 Å². The lowest BCUT2D eigenvalue weighted by Gasteiger charge is -2.22. The quantitative estimate of drug-likeness (QED) is 0.749. The Bertz CT molecular complexity index is 633. The second kappa shape index (κ2) is 9.65. The molecular formula is C18H24N2O6. The molecule has 0 spiro atoms. The van der Waals surface area contributed by atoms with Crippen molar-refractivity contribution in [2.75, 3.05) is 20.8 Å². The minimum atomic E-state index is -0.776. The molecule has 0 heterocycles. The maximum Gasteiger partial charge on any atom is 0.346 e. The van der Waals surface area contributed by atoms with Crippen LogP contribution in [0.5, 0.6) is 11.5 Å². The number of ether oxygens (including phenoxy) is 3. The zero-order valence-electron chi connectivity index (χ0n) is 15.0. The molecule has 2 rings (SSSR count). The first-order valence-electron chi connectivity index (χ1n) is 8.53. The monoisotopic (exact) mass is 364 g/mol. The van der Waals surface area contributed by atoms with E-state index in [-0.39, 0.29) is 23.1 Å². The molecule has 1 aromatic rings. The highest BCUT2D eigenvalue weighted by Crippen LogP contribution is 2.28. The van der Waals surface area contributed by atoms with Gasteiger partial charge in [0, 0.05) is 6.04 Å². The molecular weight excluding hydrogens is 340 g/mol. The van der Waals surface area contributed by atoms with Crippen molar-refractivity contribution in [3.63, 3.8) is 0 Å². The first kappa shape index (κ1) is 19.6. The van der Waals surface area contributed by atoms with Gasteiger partial charge in [0.05, 0.1) is 14.2 Å². The van der Waals surface area contributed by atoms with Gasteiger partial charge < -0.3 is 19.5 Å². The molecule has 1 aromatic carbocycles. The molecule has 1 saturated carbocycles. The van der Waals surface area contributed by atoms with Gasteiger partial charge in [-0.25, -0.2) is 9.59 Å². The van der Waals surface area contributed by atoms with Crippen LogP contribution in [0.25, 0.3) is 0 Å². The summed E-state index contributed by atoms with van der Waals surface area (Å²) in [5.74, 6) is -0.947. The van der Waals surface area contributed by atoms with E-state index in [0.29, 0.717) is 0 Å². The number of nitrogens with one attached hydrogen (secondary N) is 2. The number of esters is 1. The van der Waals surface area contributed by atoms with Crippen LogP contribution in [0.4, 0.5) is 4.79 Å². The van der Waals surface area contributed by atoms with E-state index in [9.17, 15) is 14.4 Å². The van der Waals surface area contributed by atoms with E-state index in [4.69, 9.17) is 14.2 Å². The number of imide groups is 1. The molecule has 1 aliphatic rings. The van der Waals surface area contributed by atoms with E-state index in [1.54, 1.807) is 18.2 Å². The Morgan fingerprint density at radius 1 is 1.04 bits per heavy atom. The number of urea groups is 1. The summed E-state index contributed by atoms with van der Waals surface area (Å²) in [4.78, 5) is 35.9. The number of hydrogen-bond acceptors (Lipinski definition) is 6. The molecule has 26 heavy (non-hydrogen) atoms. The van der Waals surface area contributed by atoms with Crippen LogP contribution in [-0.2, 0) is 9.53 Å². The summed E-state index contributed by atoms with van der Waals surface area (Å²) in [6, 6.07) is 4.33. The number of hydrogen-bond donors (Lipinski definition) is 2. The average Bonchev–Trinajstić information content (AvgIpc) is 2.66. The highest BCUT2D eigenvalue weighted by molar-refractivity contribution is 5.99. The van der Waals surface area contributed by atoms with E-state index < -0.39 is 24.5 Å². The van der Waals surface area contributed by atoms with Gasteiger partial charge in [0.15, 0.2) is 6.61 Å². The Morgan fingerprint density at radius 2 is 1.65 bits per heavy atom. The second-order valence-electron chi connectivity index (χ2n) is 5.97. The number of methoxy groups -OCH3 is 2. The molecule has 3 amide bonds. The summed E-state index contributed by atoms with van der Waals surface area (Å²) in [7, 11) is 2.82. The van der Waals surface area contributed by atoms with Crippen LogP contribution in [0.15, 0.2) is 18.2 Å². The van der Waals surface area contributed by atoms with Gasteiger partial charge >= 0.3 is 12.0 Å². The summed E-state index contributed by atoms with van der Waals surface area (Å²) in [5.41, 5.74) is 0.0805. The molecule has 0 aromatic heterocycles. The SMILES string of the molecule is COc1cccc(OC)c1C(=O)OCC(=O)NC(=O)NC1CCCCC1. The number of carbonyl (C=O) groups is 3. The van der Waals surface area contributed by atoms with Crippen LogP contribution >= 0.6 is 0 Å². The highest BCUT2D eigenvalue weighted by Gasteiger charge is 2.22. The minimum Gasteiger partial charge on any atom is -0.496 e. The van der Waals surface area contributed by atoms with Crippen molar-refractivity contribution in [1.82, 2.24) is 10.6 Å². The summed E-state index contributed by atoms with van der Waals surface area (Å²) in [5, 5.41) is 4.92. The maximum atomic E-state index is 12.2. The number of rotatable bonds is 6. The molecule has 8 heteroatoms. The smallest absolute Gasteiger partial charge is 0.346 e. The first-order chi connectivity index (χ1) is 12.5. The fourth-order valence-corrected chi connectivity index (χ4v) is 2.89. The zero-order valence-corrected chi connectivity index (χ0v) is 15.0. The van der Waals surface area contributed by atoms with Gasteiger partial charge in [-0.15, -0.1) is 0 Å². The maximum absolute atomic E-state index is 12.2. The molecule has 0 radical (unpaired) electrons. The fourth-order valence-electron chi connectivity index (χ4n) is 2.89. The molecule has 0 saturated heterocycles. The van der Waals surface area contributed by atoms with Crippen LogP contribution in [0, 0.1) is 0 Å². The number of benzene rings is 1. The van der Waals surface area contributed by atoms with Crippen LogP contribution in [0.3, 0.4) is 0 Å². The number of carbonyl (C=O) groups excluding carboxylic acids is 3. The normalized spacial score (nSPS) is 14.2. The fraction of sp³-hybridized carbons (Fsp3) is 0.500. The standard InChI is InChI=1S/C18H24N2O6/c1-24-13-9-6-10-14(25-2)16(13)17(22)26-11-15(21)20-18(23)19-12-7-4-3-5-8-12/h6,9-10,12H,3-5,7-8,11H2,1-2H3,(H2,19,20,21,23). The Balaban J connectivity index is 1.85. The Kier molecular flexibility index (Phi) is 7.25. The van der Waals surface area contributed by atoms with Crippen molar-refractivity contribution in [1.29, 1.82) is 0 Å². The third kappa shape index (κ3) is 5.37. The lowest BCUT2D eigenvalue weighted by Crippen LogP contribution is -2.46. The topological polar surface area (TPSA) is 103 Å². The molecule has 1 fully saturated rings. The molecule has 0 unspecified atom stereocenters. The minimum absolute atomic E-state index is 0.0805. The van der Waals surface area contributed by atoms with E-state index in [1.807, 2.05) is 0 Å². The van der Waals surface area contributed by atoms with E-state index in [0.717, 1.165) is 25.7 Å².